The van der Waals surface area contributed by atoms with Gasteiger partial charge in [0.15, 0.2) is 12.2 Å². The summed E-state index contributed by atoms with van der Waals surface area (Å²) in [5, 5.41) is 6.22. The van der Waals surface area contributed by atoms with Crippen LogP contribution in [0.3, 0.4) is 0 Å². The Labute approximate surface area is 151 Å². The molecule has 3 saturated heterocycles. The first kappa shape index (κ1) is 17.5. The highest BCUT2D eigenvalue weighted by molar-refractivity contribution is 5.92. The van der Waals surface area contributed by atoms with E-state index in [4.69, 9.17) is 18.9 Å². The average Bonchev–Trinajstić information content (AvgIpc) is 3.27. The topological polar surface area (TPSA) is 95.1 Å². The fourth-order valence-electron chi connectivity index (χ4n) is 3.74. The first-order valence-electron chi connectivity index (χ1n) is 9.18. The predicted molar refractivity (Wildman–Crippen MR) is 90.1 cm³/mol. The van der Waals surface area contributed by atoms with E-state index < -0.39 is 24.3 Å². The summed E-state index contributed by atoms with van der Waals surface area (Å²) < 4.78 is 22.7. The third-order valence-electron chi connectivity index (χ3n) is 5.22. The largest absolute Gasteiger partial charge is 0.457 e. The molecule has 0 spiro atoms. The fourth-order valence-corrected chi connectivity index (χ4v) is 3.74. The molecular formula is C18H24N2O6. The van der Waals surface area contributed by atoms with Crippen molar-refractivity contribution < 1.29 is 28.5 Å². The van der Waals surface area contributed by atoms with Crippen LogP contribution in [0.5, 0.6) is 0 Å². The van der Waals surface area contributed by atoms with Gasteiger partial charge < -0.3 is 29.6 Å². The molecule has 8 nitrogen and oxygen atoms in total. The number of rotatable bonds is 4. The number of carbonyl (C=O) groups is 2. The SMILES string of the molecule is O=C(OC1COC2C(OC(=O)C3CCNCC3)COC12)C1=CCNC=C1. The minimum atomic E-state index is -0.487. The second kappa shape index (κ2) is 7.77. The van der Waals surface area contributed by atoms with Crippen LogP contribution in [-0.4, -0.2) is 69.2 Å². The molecule has 4 atom stereocenters. The van der Waals surface area contributed by atoms with Crippen LogP contribution in [0, 0.1) is 5.92 Å². The van der Waals surface area contributed by atoms with E-state index in [0.717, 1.165) is 25.9 Å². The zero-order chi connectivity index (χ0) is 17.9. The predicted octanol–water partition coefficient (Wildman–Crippen LogP) is -0.349. The first-order valence-corrected chi connectivity index (χ1v) is 9.18. The molecule has 0 saturated carbocycles. The van der Waals surface area contributed by atoms with Crippen molar-refractivity contribution in [1.82, 2.24) is 10.6 Å². The Bertz CT molecular complexity index is 613. The minimum Gasteiger partial charge on any atom is -0.457 e. The molecular weight excluding hydrogens is 340 g/mol. The van der Waals surface area contributed by atoms with Gasteiger partial charge in [-0.3, -0.25) is 4.79 Å². The van der Waals surface area contributed by atoms with E-state index in [0.29, 0.717) is 12.1 Å². The van der Waals surface area contributed by atoms with Crippen LogP contribution in [0.25, 0.3) is 0 Å². The molecule has 26 heavy (non-hydrogen) atoms. The highest BCUT2D eigenvalue weighted by Crippen LogP contribution is 2.32. The number of esters is 2. The number of hydrogen-bond donors (Lipinski definition) is 2. The van der Waals surface area contributed by atoms with Gasteiger partial charge in [0.1, 0.15) is 12.2 Å². The van der Waals surface area contributed by atoms with Crippen LogP contribution in [0.15, 0.2) is 23.9 Å². The molecule has 2 N–H and O–H groups in total. The molecule has 4 unspecified atom stereocenters. The first-order chi connectivity index (χ1) is 12.7. The third-order valence-corrected chi connectivity index (χ3v) is 5.22. The number of piperidine rings is 1. The summed E-state index contributed by atoms with van der Waals surface area (Å²) in [6.45, 7) is 2.78. The lowest BCUT2D eigenvalue weighted by molar-refractivity contribution is -0.159. The number of fused-ring (bicyclic) bond motifs is 1. The van der Waals surface area contributed by atoms with Crippen molar-refractivity contribution in [3.63, 3.8) is 0 Å². The van der Waals surface area contributed by atoms with Crippen molar-refractivity contribution in [2.75, 3.05) is 32.8 Å². The lowest BCUT2D eigenvalue weighted by Crippen LogP contribution is -2.39. The number of nitrogens with one attached hydrogen (secondary N) is 2. The lowest BCUT2D eigenvalue weighted by atomic mass is 9.98. The molecule has 0 aromatic carbocycles. The van der Waals surface area contributed by atoms with Gasteiger partial charge in [0, 0.05) is 6.54 Å². The van der Waals surface area contributed by atoms with Gasteiger partial charge in [-0.25, -0.2) is 4.79 Å². The third kappa shape index (κ3) is 3.62. The molecule has 4 heterocycles. The van der Waals surface area contributed by atoms with Gasteiger partial charge in [0.2, 0.25) is 0 Å². The molecule has 142 valence electrons. The van der Waals surface area contributed by atoms with Crippen molar-refractivity contribution in [3.05, 3.63) is 23.9 Å². The molecule has 4 rings (SSSR count). The van der Waals surface area contributed by atoms with E-state index in [2.05, 4.69) is 10.6 Å². The van der Waals surface area contributed by atoms with Crippen molar-refractivity contribution in [3.8, 4) is 0 Å². The zero-order valence-corrected chi connectivity index (χ0v) is 14.5. The van der Waals surface area contributed by atoms with Crippen LogP contribution in [-0.2, 0) is 28.5 Å². The number of dihydropyridines is 1. The molecule has 0 aliphatic carbocycles. The maximum absolute atomic E-state index is 12.3. The van der Waals surface area contributed by atoms with Gasteiger partial charge in [-0.2, -0.15) is 0 Å². The number of ether oxygens (including phenoxy) is 4. The second-order valence-corrected chi connectivity index (χ2v) is 6.94. The van der Waals surface area contributed by atoms with Crippen molar-refractivity contribution >= 4 is 11.9 Å². The number of carbonyl (C=O) groups excluding carboxylic acids is 2. The van der Waals surface area contributed by atoms with Gasteiger partial charge in [-0.1, -0.05) is 6.08 Å². The zero-order valence-electron chi connectivity index (χ0n) is 14.5. The summed E-state index contributed by atoms with van der Waals surface area (Å²) in [6, 6.07) is 0. The maximum atomic E-state index is 12.3. The minimum absolute atomic E-state index is 0.0658. The summed E-state index contributed by atoms with van der Waals surface area (Å²) >= 11 is 0. The Balaban J connectivity index is 1.31. The molecule has 0 radical (unpaired) electrons. The summed E-state index contributed by atoms with van der Waals surface area (Å²) in [7, 11) is 0. The van der Waals surface area contributed by atoms with Crippen molar-refractivity contribution in [1.29, 1.82) is 0 Å². The van der Waals surface area contributed by atoms with Gasteiger partial charge in [-0.15, -0.1) is 0 Å². The van der Waals surface area contributed by atoms with Gasteiger partial charge in [0.05, 0.1) is 24.7 Å². The van der Waals surface area contributed by atoms with Crippen LogP contribution >= 0.6 is 0 Å². The Morgan fingerprint density at radius 3 is 2.38 bits per heavy atom. The molecule has 8 heteroatoms. The maximum Gasteiger partial charge on any atom is 0.338 e. The second-order valence-electron chi connectivity index (χ2n) is 6.94. The molecule has 4 aliphatic rings. The Morgan fingerprint density at radius 2 is 1.73 bits per heavy atom. The summed E-state index contributed by atoms with van der Waals surface area (Å²) in [4.78, 5) is 24.6. The summed E-state index contributed by atoms with van der Waals surface area (Å²) in [6.07, 6.45) is 5.05. The smallest absolute Gasteiger partial charge is 0.338 e. The van der Waals surface area contributed by atoms with Crippen LogP contribution in [0.1, 0.15) is 12.8 Å². The number of hydrogen-bond acceptors (Lipinski definition) is 8. The molecule has 0 amide bonds. The van der Waals surface area contributed by atoms with Crippen LogP contribution < -0.4 is 10.6 Å². The Kier molecular flexibility index (Phi) is 5.23. The van der Waals surface area contributed by atoms with Crippen molar-refractivity contribution in [2.24, 2.45) is 5.92 Å². The van der Waals surface area contributed by atoms with Gasteiger partial charge in [0.25, 0.3) is 0 Å². The van der Waals surface area contributed by atoms with E-state index in [-0.39, 0.29) is 31.2 Å². The molecule has 4 aliphatic heterocycles. The molecule has 0 aromatic heterocycles. The highest BCUT2D eigenvalue weighted by Gasteiger charge is 2.51. The lowest BCUT2D eigenvalue weighted by Gasteiger charge is -2.24. The van der Waals surface area contributed by atoms with E-state index >= 15 is 0 Å². The van der Waals surface area contributed by atoms with Crippen molar-refractivity contribution in [2.45, 2.75) is 37.3 Å². The van der Waals surface area contributed by atoms with Crippen LogP contribution in [0.2, 0.25) is 0 Å². The Hall–Kier alpha value is -1.90. The Morgan fingerprint density at radius 1 is 1.04 bits per heavy atom. The van der Waals surface area contributed by atoms with Gasteiger partial charge in [-0.05, 0) is 38.2 Å². The van der Waals surface area contributed by atoms with Gasteiger partial charge >= 0.3 is 11.9 Å². The van der Waals surface area contributed by atoms with Crippen LogP contribution in [0.4, 0.5) is 0 Å². The van der Waals surface area contributed by atoms with E-state index in [1.165, 1.54) is 0 Å². The summed E-state index contributed by atoms with van der Waals surface area (Å²) in [5.74, 6) is -0.644. The standard InChI is InChI=1S/C18H24N2O6/c21-17(11-1-5-19-6-2-11)25-13-9-23-16-14(10-24-15(13)16)26-18(22)12-3-7-20-8-4-12/h1-2,5,12-16,19-20H,3-4,6-10H2. The summed E-state index contributed by atoms with van der Waals surface area (Å²) in [5.41, 5.74) is 0.513. The van der Waals surface area contributed by atoms with E-state index in [9.17, 15) is 9.59 Å². The quantitative estimate of drug-likeness (QED) is 0.654. The normalized spacial score (nSPS) is 33.9. The molecule has 0 bridgehead atoms. The van der Waals surface area contributed by atoms with E-state index in [1.54, 1.807) is 18.4 Å². The average molecular weight is 364 g/mol. The molecule has 3 fully saturated rings. The molecule has 0 aromatic rings. The highest BCUT2D eigenvalue weighted by atomic mass is 16.7. The fraction of sp³-hybridized carbons (Fsp3) is 0.667. The monoisotopic (exact) mass is 364 g/mol. The van der Waals surface area contributed by atoms with E-state index in [1.807, 2.05) is 0 Å².